The van der Waals surface area contributed by atoms with Crippen LogP contribution in [0.5, 0.6) is 0 Å². The molecule has 1 amide bonds. The molecule has 0 unspecified atom stereocenters. The van der Waals surface area contributed by atoms with Crippen LogP contribution in [0.4, 0.5) is 13.2 Å². The van der Waals surface area contributed by atoms with Gasteiger partial charge < -0.3 is 5.73 Å². The van der Waals surface area contributed by atoms with Crippen molar-refractivity contribution in [3.05, 3.63) is 34.9 Å². The Labute approximate surface area is 91.3 Å². The van der Waals surface area contributed by atoms with Gasteiger partial charge in [-0.05, 0) is 36.6 Å². The largest absolute Gasteiger partial charge is 0.416 e. The van der Waals surface area contributed by atoms with Crippen molar-refractivity contribution in [3.8, 4) is 0 Å². The van der Waals surface area contributed by atoms with E-state index in [0.717, 1.165) is 12.1 Å². The van der Waals surface area contributed by atoms with Crippen LogP contribution in [0.3, 0.4) is 0 Å². The predicted molar refractivity (Wildman–Crippen MR) is 53.7 cm³/mol. The average Bonchev–Trinajstić information content (AvgIpc) is 2.14. The first-order valence-electron chi connectivity index (χ1n) is 4.75. The summed E-state index contributed by atoms with van der Waals surface area (Å²) in [7, 11) is 0. The zero-order valence-electron chi connectivity index (χ0n) is 8.77. The number of amides is 1. The van der Waals surface area contributed by atoms with Gasteiger partial charge >= 0.3 is 6.18 Å². The minimum Gasteiger partial charge on any atom is -0.370 e. The number of benzene rings is 1. The fourth-order valence-electron chi connectivity index (χ4n) is 1.41. The van der Waals surface area contributed by atoms with E-state index in [9.17, 15) is 18.0 Å². The van der Waals surface area contributed by atoms with Gasteiger partial charge in [-0.2, -0.15) is 13.2 Å². The number of rotatable bonds is 3. The number of aryl methyl sites for hydroxylation is 2. The summed E-state index contributed by atoms with van der Waals surface area (Å²) in [6.45, 7) is 1.59. The molecule has 0 heterocycles. The van der Waals surface area contributed by atoms with Crippen molar-refractivity contribution >= 4 is 5.91 Å². The smallest absolute Gasteiger partial charge is 0.370 e. The highest BCUT2D eigenvalue weighted by Gasteiger charge is 2.30. The first-order chi connectivity index (χ1) is 7.30. The molecule has 0 aromatic heterocycles. The van der Waals surface area contributed by atoms with E-state index in [1.54, 1.807) is 6.92 Å². The van der Waals surface area contributed by atoms with Crippen molar-refractivity contribution < 1.29 is 18.0 Å². The molecule has 0 aliphatic carbocycles. The highest BCUT2D eigenvalue weighted by Crippen LogP contribution is 2.30. The molecule has 5 heteroatoms. The molecule has 0 radical (unpaired) electrons. The monoisotopic (exact) mass is 231 g/mol. The molecule has 0 aliphatic rings. The lowest BCUT2D eigenvalue weighted by molar-refractivity contribution is -0.137. The van der Waals surface area contributed by atoms with Crippen LogP contribution in [0, 0.1) is 6.92 Å². The molecular formula is C11H12F3NO. The Kier molecular flexibility index (Phi) is 3.57. The maximum atomic E-state index is 12.3. The van der Waals surface area contributed by atoms with Gasteiger partial charge in [0.25, 0.3) is 0 Å². The molecule has 1 aromatic carbocycles. The van der Waals surface area contributed by atoms with Crippen LogP contribution >= 0.6 is 0 Å². The third kappa shape index (κ3) is 3.25. The number of hydrogen-bond acceptors (Lipinski definition) is 1. The molecule has 88 valence electrons. The van der Waals surface area contributed by atoms with Crippen LogP contribution in [-0.4, -0.2) is 5.91 Å². The fraction of sp³-hybridized carbons (Fsp3) is 0.364. The van der Waals surface area contributed by atoms with E-state index in [4.69, 9.17) is 5.73 Å². The molecule has 0 bridgehead atoms. The number of carbonyl (C=O) groups excluding carboxylic acids is 1. The Balaban J connectivity index is 2.88. The summed E-state index contributed by atoms with van der Waals surface area (Å²) in [6, 6.07) is 3.49. The molecule has 0 fully saturated rings. The molecule has 0 saturated carbocycles. The maximum absolute atomic E-state index is 12.3. The molecular weight excluding hydrogens is 219 g/mol. The van der Waals surface area contributed by atoms with Crippen LogP contribution in [0.25, 0.3) is 0 Å². The van der Waals surface area contributed by atoms with E-state index in [1.807, 2.05) is 0 Å². The summed E-state index contributed by atoms with van der Waals surface area (Å²) in [5.74, 6) is -0.459. The molecule has 1 aromatic rings. The average molecular weight is 231 g/mol. The molecule has 0 aliphatic heterocycles. The first-order valence-corrected chi connectivity index (χ1v) is 4.75. The van der Waals surface area contributed by atoms with Crippen molar-refractivity contribution in [2.75, 3.05) is 0 Å². The van der Waals surface area contributed by atoms with Crippen molar-refractivity contribution in [1.82, 2.24) is 0 Å². The Bertz CT molecular complexity index is 399. The van der Waals surface area contributed by atoms with Gasteiger partial charge in [-0.15, -0.1) is 0 Å². The lowest BCUT2D eigenvalue weighted by Gasteiger charge is -2.10. The zero-order chi connectivity index (χ0) is 12.3. The lowest BCUT2D eigenvalue weighted by Crippen LogP contribution is -2.12. The van der Waals surface area contributed by atoms with Crippen molar-refractivity contribution in [3.63, 3.8) is 0 Å². The highest BCUT2D eigenvalue weighted by molar-refractivity contribution is 5.74. The second-order valence-corrected chi connectivity index (χ2v) is 3.61. The Morgan fingerprint density at radius 3 is 2.44 bits per heavy atom. The van der Waals surface area contributed by atoms with Crippen LogP contribution in [-0.2, 0) is 17.4 Å². The Morgan fingerprint density at radius 1 is 1.38 bits per heavy atom. The Morgan fingerprint density at radius 2 is 2.00 bits per heavy atom. The van der Waals surface area contributed by atoms with E-state index < -0.39 is 17.6 Å². The third-order valence-corrected chi connectivity index (χ3v) is 2.31. The highest BCUT2D eigenvalue weighted by atomic mass is 19.4. The molecule has 16 heavy (non-hydrogen) atoms. The summed E-state index contributed by atoms with van der Waals surface area (Å²) >= 11 is 0. The van der Waals surface area contributed by atoms with Gasteiger partial charge in [-0.25, -0.2) is 0 Å². The number of alkyl halides is 3. The number of hydrogen-bond donors (Lipinski definition) is 1. The molecule has 0 spiro atoms. The molecule has 2 N–H and O–H groups in total. The summed E-state index contributed by atoms with van der Waals surface area (Å²) < 4.78 is 37.0. The summed E-state index contributed by atoms with van der Waals surface area (Å²) in [6.07, 6.45) is -3.81. The molecule has 0 saturated heterocycles. The van der Waals surface area contributed by atoms with Crippen LogP contribution in [0.2, 0.25) is 0 Å². The summed E-state index contributed by atoms with van der Waals surface area (Å²) in [4.78, 5) is 10.6. The van der Waals surface area contributed by atoms with E-state index in [1.165, 1.54) is 6.07 Å². The lowest BCUT2D eigenvalue weighted by atomic mass is 10.0. The summed E-state index contributed by atoms with van der Waals surface area (Å²) in [5, 5.41) is 0. The molecule has 2 nitrogen and oxygen atoms in total. The van der Waals surface area contributed by atoms with Gasteiger partial charge in [0.2, 0.25) is 5.91 Å². The molecule has 0 atom stereocenters. The Hall–Kier alpha value is -1.52. The van der Waals surface area contributed by atoms with Crippen LogP contribution < -0.4 is 5.73 Å². The van der Waals surface area contributed by atoms with Gasteiger partial charge in [0.15, 0.2) is 0 Å². The third-order valence-electron chi connectivity index (χ3n) is 2.31. The van der Waals surface area contributed by atoms with Crippen LogP contribution in [0.1, 0.15) is 23.1 Å². The standard InChI is InChI=1S/C11H12F3NO/c1-7-6-9(11(12,13)14)4-2-8(7)3-5-10(15)16/h2,4,6H,3,5H2,1H3,(H2,15,16). The van der Waals surface area contributed by atoms with Gasteiger partial charge in [0.05, 0.1) is 5.56 Å². The van der Waals surface area contributed by atoms with Gasteiger partial charge in [0.1, 0.15) is 0 Å². The number of halogens is 3. The minimum atomic E-state index is -4.33. The van der Waals surface area contributed by atoms with Crippen molar-refractivity contribution in [1.29, 1.82) is 0 Å². The van der Waals surface area contributed by atoms with E-state index in [0.29, 0.717) is 17.5 Å². The summed E-state index contributed by atoms with van der Waals surface area (Å²) in [5.41, 5.74) is 5.54. The van der Waals surface area contributed by atoms with Gasteiger partial charge in [-0.3, -0.25) is 4.79 Å². The minimum absolute atomic E-state index is 0.145. The SMILES string of the molecule is Cc1cc(C(F)(F)F)ccc1CCC(N)=O. The van der Waals surface area contributed by atoms with Gasteiger partial charge in [-0.1, -0.05) is 6.07 Å². The van der Waals surface area contributed by atoms with Gasteiger partial charge in [0, 0.05) is 6.42 Å². The normalized spacial score (nSPS) is 11.5. The van der Waals surface area contributed by atoms with Crippen LogP contribution in [0.15, 0.2) is 18.2 Å². The second-order valence-electron chi connectivity index (χ2n) is 3.61. The number of nitrogens with two attached hydrogens (primary N) is 1. The number of carbonyl (C=O) groups is 1. The number of primary amides is 1. The first kappa shape index (κ1) is 12.5. The maximum Gasteiger partial charge on any atom is 0.416 e. The van der Waals surface area contributed by atoms with E-state index in [-0.39, 0.29) is 6.42 Å². The van der Waals surface area contributed by atoms with Crippen molar-refractivity contribution in [2.45, 2.75) is 25.9 Å². The predicted octanol–water partition coefficient (Wildman–Crippen LogP) is 2.43. The van der Waals surface area contributed by atoms with E-state index in [2.05, 4.69) is 0 Å². The second kappa shape index (κ2) is 4.55. The quantitative estimate of drug-likeness (QED) is 0.853. The topological polar surface area (TPSA) is 43.1 Å². The fourth-order valence-corrected chi connectivity index (χ4v) is 1.41. The zero-order valence-corrected chi connectivity index (χ0v) is 8.77. The van der Waals surface area contributed by atoms with Crippen molar-refractivity contribution in [2.24, 2.45) is 5.73 Å². The molecule has 1 rings (SSSR count). The van der Waals surface area contributed by atoms with E-state index >= 15 is 0 Å².